The number of carboxylic acids is 1. The van der Waals surface area contributed by atoms with Crippen LogP contribution < -0.4 is 0 Å². The van der Waals surface area contributed by atoms with E-state index in [4.69, 9.17) is 9.84 Å². The molecule has 0 aromatic heterocycles. The van der Waals surface area contributed by atoms with Crippen molar-refractivity contribution in [3.63, 3.8) is 0 Å². The lowest BCUT2D eigenvalue weighted by atomic mass is 10.2. The minimum atomic E-state index is -0.833. The van der Waals surface area contributed by atoms with Gasteiger partial charge >= 0.3 is 5.97 Å². The molecule has 5 heteroatoms. The van der Waals surface area contributed by atoms with Crippen molar-refractivity contribution in [2.45, 2.75) is 44.8 Å². The summed E-state index contributed by atoms with van der Waals surface area (Å²) in [6.07, 6.45) is 3.78. The molecule has 1 fully saturated rings. The fraction of sp³-hybridized carbons (Fsp3) is 0.917. The van der Waals surface area contributed by atoms with Gasteiger partial charge in [0.15, 0.2) is 0 Å². The molecule has 1 aliphatic carbocycles. The van der Waals surface area contributed by atoms with Crippen molar-refractivity contribution < 1.29 is 19.7 Å². The molecule has 0 radical (unpaired) electrons. The molecule has 5 nitrogen and oxygen atoms in total. The highest BCUT2D eigenvalue weighted by atomic mass is 16.5. The second-order valence-electron chi connectivity index (χ2n) is 4.57. The molecule has 1 rings (SSSR count). The van der Waals surface area contributed by atoms with Crippen LogP contribution >= 0.6 is 0 Å². The second-order valence-corrected chi connectivity index (χ2v) is 4.57. The minimum absolute atomic E-state index is 0.00779. The summed E-state index contributed by atoms with van der Waals surface area (Å²) in [4.78, 5) is 12.7. The van der Waals surface area contributed by atoms with Crippen LogP contribution in [0.2, 0.25) is 0 Å². The van der Waals surface area contributed by atoms with Gasteiger partial charge in [0.25, 0.3) is 0 Å². The number of rotatable bonds is 8. The number of aliphatic hydroxyl groups excluding tert-OH is 1. The van der Waals surface area contributed by atoms with Crippen molar-refractivity contribution in [3.8, 4) is 0 Å². The number of ether oxygens (including phenoxy) is 1. The Labute approximate surface area is 102 Å². The summed E-state index contributed by atoms with van der Waals surface area (Å²) in [6.45, 7) is 3.11. The molecule has 0 aromatic rings. The van der Waals surface area contributed by atoms with Gasteiger partial charge in [-0.3, -0.25) is 9.69 Å². The molecule has 100 valence electrons. The molecule has 0 aliphatic heterocycles. The van der Waals surface area contributed by atoms with Gasteiger partial charge in [-0.15, -0.1) is 0 Å². The van der Waals surface area contributed by atoms with Crippen molar-refractivity contribution in [3.05, 3.63) is 0 Å². The Morgan fingerprint density at radius 2 is 2.12 bits per heavy atom. The Morgan fingerprint density at radius 3 is 2.65 bits per heavy atom. The van der Waals surface area contributed by atoms with Crippen LogP contribution in [0, 0.1) is 0 Å². The van der Waals surface area contributed by atoms with Gasteiger partial charge in [0, 0.05) is 19.2 Å². The van der Waals surface area contributed by atoms with Crippen LogP contribution in [0.25, 0.3) is 0 Å². The normalized spacial score (nSPS) is 18.8. The number of carbonyl (C=O) groups is 1. The average Bonchev–Trinajstić information content (AvgIpc) is 2.78. The lowest BCUT2D eigenvalue weighted by Crippen LogP contribution is -2.43. The smallest absolute Gasteiger partial charge is 0.317 e. The minimum Gasteiger partial charge on any atom is -0.480 e. The Kier molecular flexibility index (Phi) is 6.47. The molecule has 0 amide bonds. The summed E-state index contributed by atoms with van der Waals surface area (Å²) in [5, 5.41) is 18.6. The van der Waals surface area contributed by atoms with E-state index >= 15 is 0 Å². The van der Waals surface area contributed by atoms with Gasteiger partial charge in [-0.05, 0) is 19.8 Å². The van der Waals surface area contributed by atoms with E-state index in [1.807, 2.05) is 11.8 Å². The standard InChI is InChI=1S/C12H23NO4/c1-2-17-9-11(14)7-13(8-12(15)16)10-5-3-4-6-10/h10-11,14H,2-9H2,1H3,(H,15,16). The van der Waals surface area contributed by atoms with Crippen LogP contribution in [0.15, 0.2) is 0 Å². The highest BCUT2D eigenvalue weighted by Crippen LogP contribution is 2.23. The summed E-state index contributed by atoms with van der Waals surface area (Å²) in [6, 6.07) is 0.308. The van der Waals surface area contributed by atoms with Gasteiger partial charge in [-0.25, -0.2) is 0 Å². The third-order valence-corrected chi connectivity index (χ3v) is 3.14. The first-order valence-corrected chi connectivity index (χ1v) is 6.35. The Hall–Kier alpha value is -0.650. The molecule has 1 unspecified atom stereocenters. The Bertz CT molecular complexity index is 229. The van der Waals surface area contributed by atoms with E-state index in [1.165, 1.54) is 0 Å². The van der Waals surface area contributed by atoms with E-state index in [9.17, 15) is 9.90 Å². The summed E-state index contributed by atoms with van der Waals surface area (Å²) < 4.78 is 5.14. The largest absolute Gasteiger partial charge is 0.480 e. The highest BCUT2D eigenvalue weighted by molar-refractivity contribution is 5.69. The monoisotopic (exact) mass is 245 g/mol. The van der Waals surface area contributed by atoms with E-state index in [-0.39, 0.29) is 13.2 Å². The molecule has 0 aromatic carbocycles. The van der Waals surface area contributed by atoms with Crippen LogP contribution in [0.4, 0.5) is 0 Å². The maximum atomic E-state index is 10.8. The van der Waals surface area contributed by atoms with Gasteiger partial charge in [0.05, 0.1) is 19.3 Å². The van der Waals surface area contributed by atoms with E-state index in [0.29, 0.717) is 19.2 Å². The van der Waals surface area contributed by atoms with Crippen LogP contribution in [0.1, 0.15) is 32.6 Å². The number of aliphatic carboxylic acids is 1. The molecule has 0 heterocycles. The third kappa shape index (κ3) is 5.48. The molecule has 0 saturated heterocycles. The average molecular weight is 245 g/mol. The molecule has 1 atom stereocenters. The fourth-order valence-electron chi connectivity index (χ4n) is 2.36. The maximum Gasteiger partial charge on any atom is 0.317 e. The van der Waals surface area contributed by atoms with Gasteiger partial charge in [-0.2, -0.15) is 0 Å². The predicted molar refractivity (Wildman–Crippen MR) is 64.0 cm³/mol. The Morgan fingerprint density at radius 1 is 1.47 bits per heavy atom. The van der Waals surface area contributed by atoms with Crippen LogP contribution in [0.5, 0.6) is 0 Å². The number of aliphatic hydroxyl groups is 1. The maximum absolute atomic E-state index is 10.8. The molecule has 2 N–H and O–H groups in total. The number of hydrogen-bond donors (Lipinski definition) is 2. The summed E-state index contributed by atoms with van der Waals surface area (Å²) in [7, 11) is 0. The van der Waals surface area contributed by atoms with Crippen molar-refractivity contribution in [1.29, 1.82) is 0 Å². The number of hydrogen-bond acceptors (Lipinski definition) is 4. The summed E-state index contributed by atoms with van der Waals surface area (Å²) in [5.74, 6) is -0.833. The van der Waals surface area contributed by atoms with E-state index < -0.39 is 12.1 Å². The quantitative estimate of drug-likeness (QED) is 0.659. The first-order chi connectivity index (χ1) is 8.13. The lowest BCUT2D eigenvalue weighted by molar-refractivity contribution is -0.139. The van der Waals surface area contributed by atoms with Crippen LogP contribution in [-0.4, -0.2) is 59.5 Å². The van der Waals surface area contributed by atoms with Crippen molar-refractivity contribution >= 4 is 5.97 Å². The third-order valence-electron chi connectivity index (χ3n) is 3.14. The topological polar surface area (TPSA) is 70.0 Å². The first kappa shape index (κ1) is 14.4. The van der Waals surface area contributed by atoms with E-state index in [2.05, 4.69) is 0 Å². The number of nitrogens with zero attached hydrogens (tertiary/aromatic N) is 1. The molecule has 1 saturated carbocycles. The molecule has 0 bridgehead atoms. The fourth-order valence-corrected chi connectivity index (χ4v) is 2.36. The van der Waals surface area contributed by atoms with E-state index in [0.717, 1.165) is 25.7 Å². The number of carboxylic acid groups (broad SMARTS) is 1. The zero-order chi connectivity index (χ0) is 12.7. The van der Waals surface area contributed by atoms with E-state index in [1.54, 1.807) is 0 Å². The molecule has 0 spiro atoms. The first-order valence-electron chi connectivity index (χ1n) is 6.35. The van der Waals surface area contributed by atoms with Gasteiger partial charge in [0.1, 0.15) is 0 Å². The van der Waals surface area contributed by atoms with Gasteiger partial charge in [-0.1, -0.05) is 12.8 Å². The molecule has 1 aliphatic rings. The van der Waals surface area contributed by atoms with Crippen molar-refractivity contribution in [2.75, 3.05) is 26.3 Å². The second kappa shape index (κ2) is 7.63. The van der Waals surface area contributed by atoms with Crippen molar-refractivity contribution in [2.24, 2.45) is 0 Å². The summed E-state index contributed by atoms with van der Waals surface area (Å²) in [5.41, 5.74) is 0. The van der Waals surface area contributed by atoms with Gasteiger partial charge < -0.3 is 14.9 Å². The molecule has 17 heavy (non-hydrogen) atoms. The van der Waals surface area contributed by atoms with Crippen molar-refractivity contribution in [1.82, 2.24) is 4.90 Å². The summed E-state index contributed by atoms with van der Waals surface area (Å²) >= 11 is 0. The zero-order valence-corrected chi connectivity index (χ0v) is 10.5. The molecular weight excluding hydrogens is 222 g/mol. The predicted octanol–water partition coefficient (Wildman–Crippen LogP) is 0.713. The van der Waals surface area contributed by atoms with Gasteiger partial charge in [0.2, 0.25) is 0 Å². The highest BCUT2D eigenvalue weighted by Gasteiger charge is 2.25. The zero-order valence-electron chi connectivity index (χ0n) is 10.5. The van der Waals surface area contributed by atoms with Crippen LogP contribution in [0.3, 0.4) is 0 Å². The Balaban J connectivity index is 2.41. The van der Waals surface area contributed by atoms with Crippen LogP contribution in [-0.2, 0) is 9.53 Å². The SMILES string of the molecule is CCOCC(O)CN(CC(=O)O)C1CCCC1. The lowest BCUT2D eigenvalue weighted by Gasteiger charge is -2.29. The molecular formula is C12H23NO4.